The van der Waals surface area contributed by atoms with Gasteiger partial charge in [0.2, 0.25) is 5.91 Å². The van der Waals surface area contributed by atoms with Gasteiger partial charge in [-0.15, -0.1) is 0 Å². The molecule has 0 unspecified atom stereocenters. The van der Waals surface area contributed by atoms with E-state index in [4.69, 9.17) is 4.74 Å². The summed E-state index contributed by atoms with van der Waals surface area (Å²) in [5.74, 6) is 1.17. The first-order valence-electron chi connectivity index (χ1n) is 9.45. The normalized spacial score (nSPS) is 15.6. The lowest BCUT2D eigenvalue weighted by Gasteiger charge is -2.31. The monoisotopic (exact) mass is 352 g/mol. The Kier molecular flexibility index (Phi) is 6.29. The van der Waals surface area contributed by atoms with Crippen molar-refractivity contribution >= 4 is 11.6 Å². The molecule has 4 nitrogen and oxygen atoms in total. The number of piperidine rings is 1. The molecule has 3 rings (SSSR count). The highest BCUT2D eigenvalue weighted by Gasteiger charge is 2.25. The van der Waals surface area contributed by atoms with Gasteiger partial charge in [0.15, 0.2) is 0 Å². The number of anilines is 1. The highest BCUT2D eigenvalue weighted by molar-refractivity contribution is 5.92. The lowest BCUT2D eigenvalue weighted by Crippen LogP contribution is -2.37. The van der Waals surface area contributed by atoms with Gasteiger partial charge < -0.3 is 10.1 Å². The molecule has 1 saturated heterocycles. The third-order valence-corrected chi connectivity index (χ3v) is 4.89. The fourth-order valence-electron chi connectivity index (χ4n) is 3.39. The average molecular weight is 352 g/mol. The Morgan fingerprint density at radius 1 is 1.15 bits per heavy atom. The SMILES string of the molecule is CCOc1cccc(CN2CCC(C(=O)Nc3ccc(C)cc3)CC2)c1. The van der Waals surface area contributed by atoms with Crippen molar-refractivity contribution in [3.05, 3.63) is 59.7 Å². The minimum atomic E-state index is 0.0994. The highest BCUT2D eigenvalue weighted by atomic mass is 16.5. The number of carbonyl (C=O) groups is 1. The van der Waals surface area contributed by atoms with Gasteiger partial charge in [0.1, 0.15) is 5.75 Å². The summed E-state index contributed by atoms with van der Waals surface area (Å²) in [4.78, 5) is 14.9. The molecule has 0 aromatic heterocycles. The van der Waals surface area contributed by atoms with Gasteiger partial charge in [0, 0.05) is 18.2 Å². The number of hydrogen-bond donors (Lipinski definition) is 1. The molecule has 0 spiro atoms. The zero-order valence-corrected chi connectivity index (χ0v) is 15.7. The van der Waals surface area contributed by atoms with E-state index in [0.29, 0.717) is 6.61 Å². The molecule has 0 radical (unpaired) electrons. The number of aryl methyl sites for hydroxylation is 1. The molecular weight excluding hydrogens is 324 g/mol. The Bertz CT molecular complexity index is 719. The van der Waals surface area contributed by atoms with Gasteiger partial charge in [-0.25, -0.2) is 0 Å². The van der Waals surface area contributed by atoms with E-state index < -0.39 is 0 Å². The largest absolute Gasteiger partial charge is 0.494 e. The number of nitrogens with one attached hydrogen (secondary N) is 1. The molecule has 2 aromatic rings. The van der Waals surface area contributed by atoms with Crippen molar-refractivity contribution in [2.75, 3.05) is 25.0 Å². The highest BCUT2D eigenvalue weighted by Crippen LogP contribution is 2.22. The number of carbonyl (C=O) groups excluding carboxylic acids is 1. The maximum absolute atomic E-state index is 12.5. The predicted molar refractivity (Wildman–Crippen MR) is 105 cm³/mol. The molecule has 1 amide bonds. The number of ether oxygens (including phenoxy) is 1. The zero-order valence-electron chi connectivity index (χ0n) is 15.7. The summed E-state index contributed by atoms with van der Waals surface area (Å²) in [7, 11) is 0. The molecule has 1 fully saturated rings. The van der Waals surface area contributed by atoms with Crippen molar-refractivity contribution in [2.45, 2.75) is 33.2 Å². The number of hydrogen-bond acceptors (Lipinski definition) is 3. The van der Waals surface area contributed by atoms with E-state index in [1.807, 2.05) is 50.2 Å². The van der Waals surface area contributed by atoms with Gasteiger partial charge in [-0.1, -0.05) is 29.8 Å². The van der Waals surface area contributed by atoms with Crippen LogP contribution in [0, 0.1) is 12.8 Å². The second-order valence-corrected chi connectivity index (χ2v) is 6.99. The number of nitrogens with zero attached hydrogens (tertiary/aromatic N) is 1. The number of rotatable bonds is 6. The second-order valence-electron chi connectivity index (χ2n) is 6.99. The van der Waals surface area contributed by atoms with E-state index in [9.17, 15) is 4.79 Å². The quantitative estimate of drug-likeness (QED) is 0.845. The zero-order chi connectivity index (χ0) is 18.4. The molecular formula is C22H28N2O2. The molecule has 0 saturated carbocycles. The maximum Gasteiger partial charge on any atom is 0.227 e. The Morgan fingerprint density at radius 3 is 2.58 bits per heavy atom. The lowest BCUT2D eigenvalue weighted by molar-refractivity contribution is -0.121. The van der Waals surface area contributed by atoms with Crippen molar-refractivity contribution in [2.24, 2.45) is 5.92 Å². The van der Waals surface area contributed by atoms with Gasteiger partial charge in [0.05, 0.1) is 6.61 Å². The summed E-state index contributed by atoms with van der Waals surface area (Å²) in [6.07, 6.45) is 1.81. The van der Waals surface area contributed by atoms with Gasteiger partial charge in [0.25, 0.3) is 0 Å². The first kappa shape index (κ1) is 18.5. The Hall–Kier alpha value is -2.33. The van der Waals surface area contributed by atoms with E-state index >= 15 is 0 Å². The van der Waals surface area contributed by atoms with E-state index in [-0.39, 0.29) is 11.8 Å². The minimum absolute atomic E-state index is 0.0994. The summed E-state index contributed by atoms with van der Waals surface area (Å²) < 4.78 is 5.58. The fourth-order valence-corrected chi connectivity index (χ4v) is 3.39. The number of amides is 1. The van der Waals surface area contributed by atoms with Crippen LogP contribution in [0.25, 0.3) is 0 Å². The Balaban J connectivity index is 1.48. The first-order valence-corrected chi connectivity index (χ1v) is 9.45. The van der Waals surface area contributed by atoms with Crippen molar-refractivity contribution in [1.29, 1.82) is 0 Å². The van der Waals surface area contributed by atoms with Gasteiger partial charge in [-0.2, -0.15) is 0 Å². The van der Waals surface area contributed by atoms with Crippen LogP contribution >= 0.6 is 0 Å². The van der Waals surface area contributed by atoms with Gasteiger partial charge in [-0.05, 0) is 69.6 Å². The summed E-state index contributed by atoms with van der Waals surface area (Å²) in [6.45, 7) is 7.54. The van der Waals surface area contributed by atoms with Gasteiger partial charge in [-0.3, -0.25) is 9.69 Å². The molecule has 0 atom stereocenters. The average Bonchev–Trinajstić information content (AvgIpc) is 2.65. The smallest absolute Gasteiger partial charge is 0.227 e. The van der Waals surface area contributed by atoms with Crippen molar-refractivity contribution in [3.8, 4) is 5.75 Å². The third kappa shape index (κ3) is 5.09. The van der Waals surface area contributed by atoms with Crippen molar-refractivity contribution in [3.63, 3.8) is 0 Å². The van der Waals surface area contributed by atoms with Crippen LogP contribution in [0.1, 0.15) is 30.9 Å². The topological polar surface area (TPSA) is 41.6 Å². The molecule has 1 heterocycles. The van der Waals surface area contributed by atoms with Crippen LogP contribution in [0.4, 0.5) is 5.69 Å². The number of benzene rings is 2. The maximum atomic E-state index is 12.5. The van der Waals surface area contributed by atoms with Crippen molar-refractivity contribution < 1.29 is 9.53 Å². The second kappa shape index (κ2) is 8.86. The molecule has 4 heteroatoms. The minimum Gasteiger partial charge on any atom is -0.494 e. The lowest BCUT2D eigenvalue weighted by atomic mass is 9.95. The van der Waals surface area contributed by atoms with Crippen LogP contribution in [0.2, 0.25) is 0 Å². The predicted octanol–water partition coefficient (Wildman–Crippen LogP) is 4.24. The van der Waals surface area contributed by atoms with Crippen LogP contribution in [-0.4, -0.2) is 30.5 Å². The van der Waals surface area contributed by atoms with Crippen molar-refractivity contribution in [1.82, 2.24) is 4.90 Å². The van der Waals surface area contributed by atoms with E-state index in [2.05, 4.69) is 22.3 Å². The summed E-state index contributed by atoms with van der Waals surface area (Å²) >= 11 is 0. The summed E-state index contributed by atoms with van der Waals surface area (Å²) in [5, 5.41) is 3.05. The first-order chi connectivity index (χ1) is 12.6. The van der Waals surface area contributed by atoms with Crippen LogP contribution in [0.15, 0.2) is 48.5 Å². The summed E-state index contributed by atoms with van der Waals surface area (Å²) in [6, 6.07) is 16.3. The molecule has 138 valence electrons. The van der Waals surface area contributed by atoms with Crippen LogP contribution < -0.4 is 10.1 Å². The molecule has 1 N–H and O–H groups in total. The fraction of sp³-hybridized carbons (Fsp3) is 0.409. The van der Waals surface area contributed by atoms with Crippen LogP contribution in [0.5, 0.6) is 5.75 Å². The molecule has 2 aromatic carbocycles. The molecule has 1 aliphatic heterocycles. The van der Waals surface area contributed by atoms with Crippen LogP contribution in [-0.2, 0) is 11.3 Å². The molecule has 26 heavy (non-hydrogen) atoms. The molecule has 0 aliphatic carbocycles. The van der Waals surface area contributed by atoms with E-state index in [0.717, 1.165) is 43.9 Å². The number of likely N-dealkylation sites (tertiary alicyclic amines) is 1. The Morgan fingerprint density at radius 2 is 1.88 bits per heavy atom. The molecule has 0 bridgehead atoms. The van der Waals surface area contributed by atoms with Crippen LogP contribution in [0.3, 0.4) is 0 Å². The standard InChI is InChI=1S/C22H28N2O2/c1-3-26-21-6-4-5-18(15-21)16-24-13-11-19(12-14-24)22(25)23-20-9-7-17(2)8-10-20/h4-10,15,19H,3,11-14,16H2,1-2H3,(H,23,25). The summed E-state index contributed by atoms with van der Waals surface area (Å²) in [5.41, 5.74) is 3.35. The van der Waals surface area contributed by atoms with Gasteiger partial charge >= 0.3 is 0 Å². The molecule has 1 aliphatic rings. The van der Waals surface area contributed by atoms with E-state index in [1.54, 1.807) is 0 Å². The third-order valence-electron chi connectivity index (χ3n) is 4.89. The Labute approximate surface area is 156 Å². The van der Waals surface area contributed by atoms with E-state index in [1.165, 1.54) is 11.1 Å².